The van der Waals surface area contributed by atoms with Crippen LogP contribution in [0.3, 0.4) is 0 Å². The third kappa shape index (κ3) is 8.85. The Morgan fingerprint density at radius 3 is 2.37 bits per heavy atom. The Labute approximate surface area is 159 Å². The molecule has 2 atom stereocenters. The molecule has 9 heteroatoms. The summed E-state index contributed by atoms with van der Waals surface area (Å²) in [7, 11) is 0. The lowest BCUT2D eigenvalue weighted by atomic mass is 10.0. The summed E-state index contributed by atoms with van der Waals surface area (Å²) in [6.45, 7) is 6.03. The van der Waals surface area contributed by atoms with Crippen LogP contribution in [0, 0.1) is 0 Å². The van der Waals surface area contributed by atoms with E-state index in [-0.39, 0.29) is 24.3 Å². The number of likely N-dealkylation sites (tertiary alicyclic amines) is 1. The fourth-order valence-corrected chi connectivity index (χ4v) is 2.80. The maximum atomic E-state index is 12.0. The van der Waals surface area contributed by atoms with Gasteiger partial charge in [0.05, 0.1) is 6.04 Å². The van der Waals surface area contributed by atoms with Gasteiger partial charge in [-0.3, -0.25) is 14.4 Å². The van der Waals surface area contributed by atoms with Gasteiger partial charge in [-0.25, -0.2) is 4.79 Å². The molecule has 4 N–H and O–H groups in total. The van der Waals surface area contributed by atoms with Gasteiger partial charge in [-0.1, -0.05) is 12.8 Å². The van der Waals surface area contributed by atoms with E-state index in [0.29, 0.717) is 25.8 Å². The predicted octanol–water partition coefficient (Wildman–Crippen LogP) is 0.408. The van der Waals surface area contributed by atoms with Crippen LogP contribution in [0.15, 0.2) is 0 Å². The van der Waals surface area contributed by atoms with Crippen LogP contribution in [0.4, 0.5) is 0 Å². The Morgan fingerprint density at radius 1 is 1.22 bits per heavy atom. The van der Waals surface area contributed by atoms with Gasteiger partial charge in [-0.05, 0) is 40.0 Å². The minimum atomic E-state index is -0.944. The molecule has 27 heavy (non-hydrogen) atoms. The summed E-state index contributed by atoms with van der Waals surface area (Å²) >= 11 is 0. The molecule has 0 bridgehead atoms. The fourth-order valence-electron chi connectivity index (χ4n) is 2.80. The lowest BCUT2D eigenvalue weighted by Crippen LogP contribution is -2.48. The van der Waals surface area contributed by atoms with Gasteiger partial charge in [0.25, 0.3) is 0 Å². The summed E-state index contributed by atoms with van der Waals surface area (Å²) in [6.07, 6.45) is 4.41. The molecule has 0 aliphatic carbocycles. The van der Waals surface area contributed by atoms with Crippen molar-refractivity contribution in [3.8, 4) is 0 Å². The number of carboxylic acid groups (broad SMARTS) is 1. The van der Waals surface area contributed by atoms with E-state index in [1.165, 1.54) is 4.90 Å². The van der Waals surface area contributed by atoms with Gasteiger partial charge in [0.15, 0.2) is 0 Å². The van der Waals surface area contributed by atoms with Gasteiger partial charge in [0, 0.05) is 13.0 Å². The van der Waals surface area contributed by atoms with E-state index in [1.807, 2.05) is 20.8 Å². The summed E-state index contributed by atoms with van der Waals surface area (Å²) < 4.78 is 5.22. The van der Waals surface area contributed by atoms with Crippen LogP contribution in [0.2, 0.25) is 0 Å². The highest BCUT2D eigenvalue weighted by molar-refractivity contribution is 5.87. The van der Waals surface area contributed by atoms with Gasteiger partial charge in [-0.15, -0.1) is 0 Å². The van der Waals surface area contributed by atoms with E-state index in [2.05, 4.69) is 5.32 Å². The van der Waals surface area contributed by atoms with Crippen molar-refractivity contribution in [2.75, 3.05) is 13.1 Å². The van der Waals surface area contributed by atoms with Gasteiger partial charge in [0.2, 0.25) is 11.8 Å². The number of ether oxygens (including phenoxy) is 1. The van der Waals surface area contributed by atoms with E-state index >= 15 is 0 Å². The average Bonchev–Trinajstić information content (AvgIpc) is 2.97. The highest BCUT2D eigenvalue weighted by Crippen LogP contribution is 2.13. The Hall–Kier alpha value is -2.16. The van der Waals surface area contributed by atoms with E-state index in [0.717, 1.165) is 19.3 Å². The molecular weight excluding hydrogens is 354 g/mol. The molecule has 0 radical (unpaired) electrons. The number of rotatable bonds is 3. The third-order valence-corrected chi connectivity index (χ3v) is 4.11. The largest absolute Gasteiger partial charge is 0.480 e. The topological polar surface area (TPSA) is 139 Å². The first-order chi connectivity index (χ1) is 12.5. The van der Waals surface area contributed by atoms with Gasteiger partial charge in [-0.2, -0.15) is 0 Å². The lowest BCUT2D eigenvalue weighted by molar-refractivity contribution is -0.159. The molecule has 154 valence electrons. The van der Waals surface area contributed by atoms with Crippen molar-refractivity contribution in [2.24, 2.45) is 5.73 Å². The van der Waals surface area contributed by atoms with E-state index in [4.69, 9.17) is 15.6 Å². The number of carbonyl (C=O) groups is 4. The van der Waals surface area contributed by atoms with E-state index in [9.17, 15) is 19.2 Å². The van der Waals surface area contributed by atoms with E-state index < -0.39 is 23.7 Å². The van der Waals surface area contributed by atoms with Crippen molar-refractivity contribution in [3.05, 3.63) is 0 Å². The molecule has 2 rings (SSSR count). The van der Waals surface area contributed by atoms with Crippen LogP contribution in [-0.2, 0) is 23.9 Å². The fraction of sp³-hybridized carbons (Fsp3) is 0.778. The number of nitrogens with zero attached hydrogens (tertiary/aromatic N) is 1. The standard InChI is InChI=1S/C13H24N2O3.C5H7NO3/c1-13(2,3)18-11(16)9-15-8-6-4-5-7-10(14)12(15)17;7-4-2-1-3(6-4)5(8)9/h10H,4-9,14H2,1-3H3;3H,1-2H2,(H,6,7)(H,8,9)/t10-;3-/m01/s1. The molecule has 2 saturated heterocycles. The van der Waals surface area contributed by atoms with Crippen LogP contribution in [-0.4, -0.2) is 64.5 Å². The number of amides is 2. The van der Waals surface area contributed by atoms with E-state index in [1.54, 1.807) is 0 Å². The number of aliphatic carboxylic acids is 1. The predicted molar refractivity (Wildman–Crippen MR) is 97.7 cm³/mol. The number of carboxylic acids is 1. The Balaban J connectivity index is 0.000000337. The second-order valence-electron chi connectivity index (χ2n) is 7.80. The molecule has 0 aromatic carbocycles. The second-order valence-corrected chi connectivity index (χ2v) is 7.80. The van der Waals surface area contributed by atoms with Crippen LogP contribution in [0.1, 0.15) is 59.3 Å². The van der Waals surface area contributed by atoms with Crippen molar-refractivity contribution in [1.29, 1.82) is 0 Å². The summed E-state index contributed by atoms with van der Waals surface area (Å²) in [5.74, 6) is -1.62. The highest BCUT2D eigenvalue weighted by atomic mass is 16.6. The minimum absolute atomic E-state index is 0.00377. The zero-order chi connectivity index (χ0) is 20.6. The molecule has 2 aliphatic heterocycles. The number of esters is 1. The molecule has 0 unspecified atom stereocenters. The number of hydrogen-bond acceptors (Lipinski definition) is 6. The molecule has 9 nitrogen and oxygen atoms in total. The summed E-state index contributed by atoms with van der Waals surface area (Å²) in [5, 5.41) is 10.6. The molecule has 0 aromatic heterocycles. The number of nitrogens with two attached hydrogens (primary N) is 1. The molecule has 0 saturated carbocycles. The van der Waals surface area contributed by atoms with Gasteiger partial charge < -0.3 is 25.8 Å². The molecule has 2 fully saturated rings. The van der Waals surface area contributed by atoms with Crippen molar-refractivity contribution in [1.82, 2.24) is 10.2 Å². The zero-order valence-electron chi connectivity index (χ0n) is 16.3. The smallest absolute Gasteiger partial charge is 0.326 e. The molecule has 0 aromatic rings. The Morgan fingerprint density at radius 2 is 1.89 bits per heavy atom. The lowest BCUT2D eigenvalue weighted by Gasteiger charge is -2.28. The van der Waals surface area contributed by atoms with Crippen molar-refractivity contribution in [2.45, 2.75) is 77.0 Å². The summed E-state index contributed by atoms with van der Waals surface area (Å²) in [6, 6.07) is -1.12. The second kappa shape index (κ2) is 10.2. The quantitative estimate of drug-likeness (QED) is 0.598. The molecule has 0 spiro atoms. The van der Waals surface area contributed by atoms with Gasteiger partial charge >= 0.3 is 11.9 Å². The molecule has 2 aliphatic rings. The SMILES string of the molecule is CC(C)(C)OC(=O)CN1CCCCC[C@H](N)C1=O.O=C1CC[C@H](C(=O)O)N1. The molecule has 2 amide bonds. The number of nitrogens with one attached hydrogen (secondary N) is 1. The summed E-state index contributed by atoms with van der Waals surface area (Å²) in [5.41, 5.74) is 5.27. The van der Waals surface area contributed by atoms with Crippen LogP contribution in [0.5, 0.6) is 0 Å². The normalized spacial score (nSPS) is 23.5. The van der Waals surface area contributed by atoms with Crippen molar-refractivity contribution >= 4 is 23.8 Å². The third-order valence-electron chi connectivity index (χ3n) is 4.11. The first-order valence-corrected chi connectivity index (χ1v) is 9.28. The van der Waals surface area contributed by atoms with Crippen LogP contribution < -0.4 is 11.1 Å². The maximum absolute atomic E-state index is 12.0. The first kappa shape index (κ1) is 22.9. The van der Waals surface area contributed by atoms with Crippen molar-refractivity contribution < 1.29 is 29.0 Å². The number of hydrogen-bond donors (Lipinski definition) is 3. The van der Waals surface area contributed by atoms with Gasteiger partial charge in [0.1, 0.15) is 18.2 Å². The highest BCUT2D eigenvalue weighted by Gasteiger charge is 2.27. The maximum Gasteiger partial charge on any atom is 0.326 e. The van der Waals surface area contributed by atoms with Crippen LogP contribution >= 0.6 is 0 Å². The molecular formula is C18H31N3O6. The summed E-state index contributed by atoms with van der Waals surface area (Å²) in [4.78, 5) is 45.8. The monoisotopic (exact) mass is 385 g/mol. The number of carbonyl (C=O) groups excluding carboxylic acids is 3. The van der Waals surface area contributed by atoms with Crippen molar-refractivity contribution in [3.63, 3.8) is 0 Å². The zero-order valence-corrected chi connectivity index (χ0v) is 16.3. The Kier molecular flexibility index (Phi) is 8.68. The molecule has 2 heterocycles. The van der Waals surface area contributed by atoms with Crippen LogP contribution in [0.25, 0.3) is 0 Å². The minimum Gasteiger partial charge on any atom is -0.480 e. The first-order valence-electron chi connectivity index (χ1n) is 9.28. The Bertz CT molecular complexity index is 558. The average molecular weight is 385 g/mol.